The minimum Gasteiger partial charge on any atom is -0.494 e. The van der Waals surface area contributed by atoms with E-state index in [1.807, 2.05) is 25.1 Å². The fraction of sp³-hybridized carbons (Fsp3) is 0.458. The highest BCUT2D eigenvalue weighted by molar-refractivity contribution is 5.99. The average Bonchev–Trinajstić information content (AvgIpc) is 2.77. The van der Waals surface area contributed by atoms with E-state index in [4.69, 9.17) is 4.74 Å². The van der Waals surface area contributed by atoms with Gasteiger partial charge in [-0.25, -0.2) is 4.39 Å². The Labute approximate surface area is 184 Å². The molecule has 0 atom stereocenters. The van der Waals surface area contributed by atoms with Crippen LogP contribution in [0.15, 0.2) is 36.4 Å². The smallest absolute Gasteiger partial charge is 0.255 e. The number of anilines is 2. The molecule has 0 aromatic heterocycles. The maximum atomic E-state index is 13.5. The van der Waals surface area contributed by atoms with Gasteiger partial charge in [-0.05, 0) is 44.2 Å². The second-order valence-electron chi connectivity index (χ2n) is 8.17. The van der Waals surface area contributed by atoms with Gasteiger partial charge in [0.1, 0.15) is 11.6 Å². The third-order valence-electron chi connectivity index (χ3n) is 5.63. The Balaban J connectivity index is 1.47. The van der Waals surface area contributed by atoms with Crippen LogP contribution in [0.25, 0.3) is 0 Å². The average molecular weight is 429 g/mol. The Morgan fingerprint density at radius 1 is 1.13 bits per heavy atom. The normalized spacial score (nSPS) is 14.4. The number of hydrogen-bond donors (Lipinski definition) is 1. The van der Waals surface area contributed by atoms with Crippen LogP contribution < -0.4 is 15.0 Å². The first kappa shape index (κ1) is 22.9. The molecule has 168 valence electrons. The first-order chi connectivity index (χ1) is 14.9. The van der Waals surface area contributed by atoms with Gasteiger partial charge in [-0.1, -0.05) is 11.6 Å². The van der Waals surface area contributed by atoms with Crippen molar-refractivity contribution in [2.24, 2.45) is 0 Å². The van der Waals surface area contributed by atoms with E-state index in [1.54, 1.807) is 32.2 Å². The summed E-state index contributed by atoms with van der Waals surface area (Å²) in [7, 11) is 5.12. The Bertz CT molecular complexity index is 895. The Hall–Kier alpha value is -2.80. The lowest BCUT2D eigenvalue weighted by Gasteiger charge is -2.36. The lowest BCUT2D eigenvalue weighted by Crippen LogP contribution is -2.47. The van der Waals surface area contributed by atoms with Crippen molar-refractivity contribution in [3.63, 3.8) is 0 Å². The highest BCUT2D eigenvalue weighted by Gasteiger charge is 2.20. The van der Waals surface area contributed by atoms with E-state index in [1.165, 1.54) is 12.1 Å². The molecule has 0 radical (unpaired) electrons. The number of carbonyl (C=O) groups is 1. The van der Waals surface area contributed by atoms with Crippen molar-refractivity contribution in [1.29, 1.82) is 0 Å². The molecule has 1 amide bonds. The molecule has 0 aliphatic carbocycles. The Morgan fingerprint density at radius 3 is 2.55 bits per heavy atom. The quantitative estimate of drug-likeness (QED) is 0.653. The van der Waals surface area contributed by atoms with Gasteiger partial charge in [0.2, 0.25) is 0 Å². The summed E-state index contributed by atoms with van der Waals surface area (Å²) in [6, 6.07) is 10.7. The van der Waals surface area contributed by atoms with E-state index >= 15 is 0 Å². The van der Waals surface area contributed by atoms with Gasteiger partial charge >= 0.3 is 0 Å². The molecule has 6 nitrogen and oxygen atoms in total. The molecule has 31 heavy (non-hydrogen) atoms. The third-order valence-corrected chi connectivity index (χ3v) is 5.63. The summed E-state index contributed by atoms with van der Waals surface area (Å²) < 4.78 is 18.8. The monoisotopic (exact) mass is 428 g/mol. The van der Waals surface area contributed by atoms with E-state index < -0.39 is 0 Å². The Kier molecular flexibility index (Phi) is 7.74. The van der Waals surface area contributed by atoms with Crippen LogP contribution in [0.3, 0.4) is 0 Å². The SMILES string of the molecule is COc1cc(F)ccc1N1CCN(CCCNc2ccc(C)cc2C(=O)N(C)C)CC1. The van der Waals surface area contributed by atoms with Gasteiger partial charge in [-0.3, -0.25) is 9.69 Å². The minimum absolute atomic E-state index is 0.0125. The van der Waals surface area contributed by atoms with Crippen LogP contribution in [0.4, 0.5) is 15.8 Å². The molecule has 1 aliphatic heterocycles. The van der Waals surface area contributed by atoms with Crippen LogP contribution >= 0.6 is 0 Å². The number of methoxy groups -OCH3 is 1. The second-order valence-corrected chi connectivity index (χ2v) is 8.17. The maximum absolute atomic E-state index is 13.5. The van der Waals surface area contributed by atoms with Crippen LogP contribution in [0.2, 0.25) is 0 Å². The molecule has 1 saturated heterocycles. The molecular formula is C24H33FN4O2. The molecule has 2 aromatic rings. The van der Waals surface area contributed by atoms with Crippen molar-refractivity contribution < 1.29 is 13.9 Å². The summed E-state index contributed by atoms with van der Waals surface area (Å²) in [6.07, 6.45) is 0.989. The summed E-state index contributed by atoms with van der Waals surface area (Å²) in [5, 5.41) is 3.43. The number of aryl methyl sites for hydroxylation is 1. The summed E-state index contributed by atoms with van der Waals surface area (Å²) >= 11 is 0. The van der Waals surface area contributed by atoms with Crippen molar-refractivity contribution in [3.05, 3.63) is 53.3 Å². The number of nitrogens with zero attached hydrogens (tertiary/aromatic N) is 3. The predicted octanol–water partition coefficient (Wildman–Crippen LogP) is 3.47. The van der Waals surface area contributed by atoms with Gasteiger partial charge in [-0.15, -0.1) is 0 Å². The van der Waals surface area contributed by atoms with Gasteiger partial charge in [0.05, 0.1) is 18.4 Å². The predicted molar refractivity (Wildman–Crippen MR) is 124 cm³/mol. The highest BCUT2D eigenvalue weighted by Crippen LogP contribution is 2.29. The van der Waals surface area contributed by atoms with Gasteiger partial charge in [0.15, 0.2) is 0 Å². The maximum Gasteiger partial charge on any atom is 0.255 e. The molecule has 0 saturated carbocycles. The molecule has 2 aromatic carbocycles. The number of piperazine rings is 1. The van der Waals surface area contributed by atoms with E-state index in [-0.39, 0.29) is 11.7 Å². The standard InChI is InChI=1S/C24H33FN4O2/c1-18-6-8-21(20(16-18)24(30)27(2)3)26-10-5-11-28-12-14-29(15-13-28)22-9-7-19(25)17-23(22)31-4/h6-9,16-17,26H,5,10-15H2,1-4H3. The van der Waals surface area contributed by atoms with Gasteiger partial charge in [0.25, 0.3) is 5.91 Å². The van der Waals surface area contributed by atoms with Crippen molar-refractivity contribution in [2.45, 2.75) is 13.3 Å². The largest absolute Gasteiger partial charge is 0.494 e. The number of benzene rings is 2. The van der Waals surface area contributed by atoms with Crippen molar-refractivity contribution >= 4 is 17.3 Å². The number of amides is 1. The molecule has 1 aliphatic rings. The lowest BCUT2D eigenvalue weighted by molar-refractivity contribution is 0.0828. The van der Waals surface area contributed by atoms with E-state index in [0.29, 0.717) is 11.3 Å². The van der Waals surface area contributed by atoms with Crippen LogP contribution in [0.5, 0.6) is 5.75 Å². The van der Waals surface area contributed by atoms with Crippen molar-refractivity contribution in [1.82, 2.24) is 9.80 Å². The summed E-state index contributed by atoms with van der Waals surface area (Å²) in [4.78, 5) is 18.7. The van der Waals surface area contributed by atoms with Crippen molar-refractivity contribution in [3.8, 4) is 5.75 Å². The third kappa shape index (κ3) is 5.88. The lowest BCUT2D eigenvalue weighted by atomic mass is 10.1. The molecule has 0 spiro atoms. The van der Waals surface area contributed by atoms with E-state index in [0.717, 1.165) is 62.6 Å². The molecule has 1 fully saturated rings. The Morgan fingerprint density at radius 2 is 1.87 bits per heavy atom. The topological polar surface area (TPSA) is 48.1 Å². The number of ether oxygens (including phenoxy) is 1. The number of nitrogens with one attached hydrogen (secondary N) is 1. The second kappa shape index (κ2) is 10.5. The molecule has 1 N–H and O–H groups in total. The first-order valence-corrected chi connectivity index (χ1v) is 10.8. The van der Waals surface area contributed by atoms with E-state index in [9.17, 15) is 9.18 Å². The molecule has 7 heteroatoms. The molecular weight excluding hydrogens is 395 g/mol. The van der Waals surface area contributed by atoms with Crippen LogP contribution in [-0.2, 0) is 0 Å². The number of rotatable bonds is 8. The van der Waals surface area contributed by atoms with Gasteiger partial charge < -0.3 is 19.9 Å². The number of halogens is 1. The first-order valence-electron chi connectivity index (χ1n) is 10.8. The summed E-state index contributed by atoms with van der Waals surface area (Å²) in [6.45, 7) is 7.47. The van der Waals surface area contributed by atoms with E-state index in [2.05, 4.69) is 15.1 Å². The number of hydrogen-bond acceptors (Lipinski definition) is 5. The zero-order chi connectivity index (χ0) is 22.4. The minimum atomic E-state index is -0.282. The fourth-order valence-corrected chi connectivity index (χ4v) is 3.88. The summed E-state index contributed by atoms with van der Waals surface area (Å²) in [5.74, 6) is 0.313. The van der Waals surface area contributed by atoms with Gasteiger partial charge in [-0.2, -0.15) is 0 Å². The zero-order valence-corrected chi connectivity index (χ0v) is 18.9. The van der Waals surface area contributed by atoms with Gasteiger partial charge in [0, 0.05) is 58.6 Å². The molecule has 0 unspecified atom stereocenters. The highest BCUT2D eigenvalue weighted by atomic mass is 19.1. The fourth-order valence-electron chi connectivity index (χ4n) is 3.88. The number of carbonyl (C=O) groups excluding carboxylic acids is 1. The van der Waals surface area contributed by atoms with Crippen molar-refractivity contribution in [2.75, 3.05) is 70.7 Å². The molecule has 3 rings (SSSR count). The summed E-state index contributed by atoms with van der Waals surface area (Å²) in [5.41, 5.74) is 3.62. The molecule has 0 bridgehead atoms. The van der Waals surface area contributed by atoms with Crippen LogP contribution in [-0.4, -0.2) is 76.2 Å². The van der Waals surface area contributed by atoms with Crippen LogP contribution in [0, 0.1) is 12.7 Å². The molecule has 1 heterocycles. The zero-order valence-electron chi connectivity index (χ0n) is 18.9. The van der Waals surface area contributed by atoms with Crippen LogP contribution in [0.1, 0.15) is 22.3 Å².